The fraction of sp³-hybridized carbons (Fsp3) is 0.444. The van der Waals surface area contributed by atoms with E-state index in [2.05, 4.69) is 0 Å². The van der Waals surface area contributed by atoms with E-state index >= 15 is 0 Å². The number of aliphatic carboxylic acids is 4. The van der Waals surface area contributed by atoms with Crippen molar-refractivity contribution in [2.75, 3.05) is 26.2 Å². The minimum Gasteiger partial charge on any atom is -0.480 e. The fourth-order valence-electron chi connectivity index (χ4n) is 1.20. The summed E-state index contributed by atoms with van der Waals surface area (Å²) in [6.45, 7) is -1.90. The molecule has 0 unspecified atom stereocenters. The van der Waals surface area contributed by atoms with Gasteiger partial charge < -0.3 is 20.4 Å². The maximum absolute atomic E-state index is 10.5. The summed E-state index contributed by atoms with van der Waals surface area (Å²) >= 11 is 0. The Morgan fingerprint density at radius 3 is 1.00 bits per heavy atom. The number of carboxylic acids is 4. The first-order valence-corrected chi connectivity index (χ1v) is 4.91. The van der Waals surface area contributed by atoms with Crippen LogP contribution in [0.5, 0.6) is 0 Å². The summed E-state index contributed by atoms with van der Waals surface area (Å²) in [6.07, 6.45) is 0. The van der Waals surface area contributed by atoms with Crippen LogP contribution in [0.4, 0.5) is 0 Å². The molecule has 0 amide bonds. The Morgan fingerprint density at radius 2 is 0.842 bits per heavy atom. The monoisotopic (exact) mass is 277 g/mol. The molecule has 0 aromatic carbocycles. The number of hydrogen-bond acceptors (Lipinski definition) is 6. The van der Waals surface area contributed by atoms with Crippen LogP contribution in [0.1, 0.15) is 0 Å². The first-order chi connectivity index (χ1) is 8.70. The molecule has 1 radical (unpaired) electrons. The van der Waals surface area contributed by atoms with Gasteiger partial charge in [0.05, 0.1) is 32.8 Å². The van der Waals surface area contributed by atoms with Gasteiger partial charge in [-0.25, -0.2) is 0 Å². The van der Waals surface area contributed by atoms with Gasteiger partial charge in [0.1, 0.15) is 0 Å². The maximum atomic E-state index is 10.5. The van der Waals surface area contributed by atoms with Gasteiger partial charge in [-0.05, 0) is 0 Å². The van der Waals surface area contributed by atoms with Crippen molar-refractivity contribution in [1.29, 1.82) is 0 Å². The van der Waals surface area contributed by atoms with Crippen LogP contribution >= 0.6 is 0 Å². The molecular weight excluding hydrogens is 264 g/mol. The van der Waals surface area contributed by atoms with Crippen LogP contribution in [-0.4, -0.2) is 80.3 Å². The van der Waals surface area contributed by atoms with E-state index in [4.69, 9.17) is 20.4 Å². The molecule has 0 heterocycles. The molecule has 0 aromatic rings. The molecule has 0 aromatic heterocycles. The van der Waals surface area contributed by atoms with Crippen molar-refractivity contribution < 1.29 is 39.6 Å². The normalized spacial score (nSPS) is 10.6. The minimum atomic E-state index is -1.33. The second kappa shape index (κ2) is 8.00. The molecule has 0 aliphatic heterocycles. The summed E-state index contributed by atoms with van der Waals surface area (Å²) in [5, 5.41) is 34.3. The van der Waals surface area contributed by atoms with Crippen LogP contribution in [0.15, 0.2) is 0 Å². The van der Waals surface area contributed by atoms with Crippen molar-refractivity contribution in [1.82, 2.24) is 9.80 Å². The molecular formula is C9H13N2O8. The van der Waals surface area contributed by atoms with Crippen LogP contribution in [-0.2, 0) is 19.2 Å². The Kier molecular flexibility index (Phi) is 7.07. The third-order valence-corrected chi connectivity index (χ3v) is 1.68. The molecule has 0 saturated carbocycles. The number of nitrogens with zero attached hydrogens (tertiary/aromatic N) is 2. The van der Waals surface area contributed by atoms with Gasteiger partial charge in [-0.1, -0.05) is 0 Å². The highest BCUT2D eigenvalue weighted by molar-refractivity contribution is 5.74. The smallest absolute Gasteiger partial charge is 0.317 e. The molecule has 4 N–H and O–H groups in total. The third kappa shape index (κ3) is 9.50. The third-order valence-electron chi connectivity index (χ3n) is 1.68. The standard InChI is InChI=1S/C9H13N2O8/c12-6(13)1-10(2-7(14)15)5-11(3-8(16)17)4-9(18)19/h5H,1-4H2,(H,12,13)(H,14,15)(H,16,17)(H,18,19). The average Bonchev–Trinajstić information content (AvgIpc) is 2.11. The molecule has 0 aliphatic rings. The summed E-state index contributed by atoms with van der Waals surface area (Å²) < 4.78 is 0. The quantitative estimate of drug-likeness (QED) is 0.354. The van der Waals surface area contributed by atoms with E-state index < -0.39 is 50.1 Å². The minimum absolute atomic E-state index is 0.692. The van der Waals surface area contributed by atoms with Crippen molar-refractivity contribution in [3.8, 4) is 0 Å². The highest BCUT2D eigenvalue weighted by Crippen LogP contribution is 2.01. The van der Waals surface area contributed by atoms with Gasteiger partial charge in [-0.15, -0.1) is 0 Å². The number of carboxylic acid groups (broad SMARTS) is 4. The van der Waals surface area contributed by atoms with Crippen molar-refractivity contribution >= 4 is 23.9 Å². The fourth-order valence-corrected chi connectivity index (χ4v) is 1.20. The molecule has 0 bridgehead atoms. The summed E-state index contributed by atoms with van der Waals surface area (Å²) in [6, 6.07) is 0. The molecule has 0 spiro atoms. The zero-order valence-electron chi connectivity index (χ0n) is 9.72. The average molecular weight is 277 g/mol. The van der Waals surface area contributed by atoms with Gasteiger partial charge in [0.2, 0.25) is 0 Å². The molecule has 0 fully saturated rings. The van der Waals surface area contributed by atoms with Crippen molar-refractivity contribution in [2.45, 2.75) is 0 Å². The SMILES string of the molecule is O=C(O)CN([CH]N(CC(=O)O)CC(=O)O)CC(=O)O. The van der Waals surface area contributed by atoms with E-state index in [-0.39, 0.29) is 0 Å². The van der Waals surface area contributed by atoms with Crippen LogP contribution in [0.3, 0.4) is 0 Å². The summed E-state index contributed by atoms with van der Waals surface area (Å²) in [7, 11) is 0. The molecule has 0 aliphatic carbocycles. The second-order valence-corrected chi connectivity index (χ2v) is 3.50. The van der Waals surface area contributed by atoms with Crippen LogP contribution in [0.25, 0.3) is 0 Å². The zero-order chi connectivity index (χ0) is 15.0. The first-order valence-electron chi connectivity index (χ1n) is 4.91. The summed E-state index contributed by atoms with van der Waals surface area (Å²) in [5.74, 6) is -5.32. The highest BCUT2D eigenvalue weighted by Gasteiger charge is 2.21. The zero-order valence-corrected chi connectivity index (χ0v) is 9.72. The molecule has 10 heteroatoms. The lowest BCUT2D eigenvalue weighted by atomic mass is 10.4. The van der Waals surface area contributed by atoms with Gasteiger partial charge in [-0.3, -0.25) is 29.0 Å². The first kappa shape index (κ1) is 16.8. The van der Waals surface area contributed by atoms with Crippen LogP contribution in [0.2, 0.25) is 0 Å². The Balaban J connectivity index is 4.68. The molecule has 0 saturated heterocycles. The molecule has 107 valence electrons. The lowest BCUT2D eigenvalue weighted by Crippen LogP contribution is -2.42. The molecule has 10 nitrogen and oxygen atoms in total. The lowest BCUT2D eigenvalue weighted by Gasteiger charge is -2.25. The van der Waals surface area contributed by atoms with Crippen LogP contribution in [0, 0.1) is 6.67 Å². The second-order valence-electron chi connectivity index (χ2n) is 3.50. The Bertz CT molecular complexity index is 303. The van der Waals surface area contributed by atoms with Crippen molar-refractivity contribution in [3.63, 3.8) is 0 Å². The Hall–Kier alpha value is -2.20. The van der Waals surface area contributed by atoms with Gasteiger partial charge in [-0.2, -0.15) is 0 Å². The highest BCUT2D eigenvalue weighted by atomic mass is 16.4. The van der Waals surface area contributed by atoms with Gasteiger partial charge in [0.15, 0.2) is 0 Å². The van der Waals surface area contributed by atoms with E-state index in [1.807, 2.05) is 0 Å². The van der Waals surface area contributed by atoms with Crippen molar-refractivity contribution in [3.05, 3.63) is 6.67 Å². The summed E-state index contributed by atoms with van der Waals surface area (Å²) in [4.78, 5) is 43.6. The van der Waals surface area contributed by atoms with E-state index in [1.165, 1.54) is 0 Å². The Labute approximate surface area is 107 Å². The molecule has 0 atom stereocenters. The van der Waals surface area contributed by atoms with Gasteiger partial charge in [0.25, 0.3) is 0 Å². The number of hydrogen-bond donors (Lipinski definition) is 4. The predicted octanol–water partition coefficient (Wildman–Crippen LogP) is -1.95. The summed E-state index contributed by atoms with van der Waals surface area (Å²) in [5.41, 5.74) is 0. The van der Waals surface area contributed by atoms with E-state index in [0.717, 1.165) is 16.5 Å². The van der Waals surface area contributed by atoms with Gasteiger partial charge >= 0.3 is 23.9 Å². The van der Waals surface area contributed by atoms with Crippen molar-refractivity contribution in [2.24, 2.45) is 0 Å². The Morgan fingerprint density at radius 1 is 0.632 bits per heavy atom. The van der Waals surface area contributed by atoms with Crippen LogP contribution < -0.4 is 0 Å². The lowest BCUT2D eigenvalue weighted by molar-refractivity contribution is -0.142. The topological polar surface area (TPSA) is 156 Å². The molecule has 19 heavy (non-hydrogen) atoms. The van der Waals surface area contributed by atoms with Gasteiger partial charge in [0, 0.05) is 0 Å². The maximum Gasteiger partial charge on any atom is 0.317 e. The van der Waals surface area contributed by atoms with E-state index in [1.54, 1.807) is 0 Å². The number of rotatable bonds is 10. The molecule has 0 rings (SSSR count). The largest absolute Gasteiger partial charge is 0.480 e. The number of carbonyl (C=O) groups is 4. The van der Waals surface area contributed by atoms with E-state index in [9.17, 15) is 19.2 Å². The van der Waals surface area contributed by atoms with E-state index in [0.29, 0.717) is 0 Å². The predicted molar refractivity (Wildman–Crippen MR) is 58.0 cm³/mol.